The summed E-state index contributed by atoms with van der Waals surface area (Å²) in [6.45, 7) is 2.13. The van der Waals surface area contributed by atoms with E-state index in [2.05, 4.69) is 4.98 Å². The van der Waals surface area contributed by atoms with Gasteiger partial charge in [0, 0.05) is 36.8 Å². The van der Waals surface area contributed by atoms with Crippen molar-refractivity contribution < 1.29 is 14.3 Å². The van der Waals surface area contributed by atoms with E-state index in [9.17, 15) is 9.59 Å². The van der Waals surface area contributed by atoms with Crippen molar-refractivity contribution in [3.8, 4) is 0 Å². The van der Waals surface area contributed by atoms with Gasteiger partial charge in [0.15, 0.2) is 0 Å². The maximum Gasteiger partial charge on any atom is 0.338 e. The summed E-state index contributed by atoms with van der Waals surface area (Å²) in [5.41, 5.74) is 3.87. The number of allylic oxidation sites excluding steroid dienone is 1. The van der Waals surface area contributed by atoms with Crippen LogP contribution < -0.4 is 0 Å². The third kappa shape index (κ3) is 2.94. The number of ketones is 1. The average Bonchev–Trinajstić information content (AvgIpc) is 2.83. The molecule has 0 radical (unpaired) electrons. The first-order valence-corrected chi connectivity index (χ1v) is 8.24. The SMILES string of the molecule is CCOC(=O)c1ccc2[nH]c3c(c2c1)CCC/C(=C\N(C)C)C3=O. The zero-order valence-electron chi connectivity index (χ0n) is 14.3. The molecular weight excluding hydrogens is 304 g/mol. The molecule has 5 heteroatoms. The Morgan fingerprint density at radius 2 is 2.12 bits per heavy atom. The molecule has 3 rings (SSSR count). The number of benzene rings is 1. The predicted molar refractivity (Wildman–Crippen MR) is 93.3 cm³/mol. The average molecular weight is 326 g/mol. The van der Waals surface area contributed by atoms with E-state index in [0.29, 0.717) is 17.9 Å². The number of aromatic nitrogens is 1. The van der Waals surface area contributed by atoms with Crippen LogP contribution in [0.1, 0.15) is 46.2 Å². The summed E-state index contributed by atoms with van der Waals surface area (Å²) in [5, 5.41) is 0.940. The number of Topliss-reactive ketones (excluding diaryl/α,β-unsaturated/α-hetero) is 1. The lowest BCUT2D eigenvalue weighted by atomic mass is 10.0. The number of hydrogen-bond acceptors (Lipinski definition) is 4. The zero-order chi connectivity index (χ0) is 17.3. The van der Waals surface area contributed by atoms with Crippen LogP contribution in [0.2, 0.25) is 0 Å². The molecule has 5 nitrogen and oxygen atoms in total. The van der Waals surface area contributed by atoms with Crippen LogP contribution in [0.15, 0.2) is 30.0 Å². The van der Waals surface area contributed by atoms with E-state index in [0.717, 1.165) is 41.3 Å². The monoisotopic (exact) mass is 326 g/mol. The van der Waals surface area contributed by atoms with E-state index in [1.54, 1.807) is 13.0 Å². The quantitative estimate of drug-likeness (QED) is 0.534. The Labute approximate surface area is 141 Å². The van der Waals surface area contributed by atoms with Gasteiger partial charge in [-0.2, -0.15) is 0 Å². The summed E-state index contributed by atoms with van der Waals surface area (Å²) in [7, 11) is 3.84. The highest BCUT2D eigenvalue weighted by atomic mass is 16.5. The van der Waals surface area contributed by atoms with E-state index >= 15 is 0 Å². The number of rotatable bonds is 3. The van der Waals surface area contributed by atoms with E-state index in [-0.39, 0.29) is 11.8 Å². The third-order valence-electron chi connectivity index (χ3n) is 4.22. The maximum absolute atomic E-state index is 12.8. The van der Waals surface area contributed by atoms with Crippen molar-refractivity contribution in [3.05, 3.63) is 46.8 Å². The molecule has 2 aromatic rings. The molecule has 0 atom stereocenters. The summed E-state index contributed by atoms with van der Waals surface area (Å²) in [6.07, 6.45) is 4.39. The van der Waals surface area contributed by atoms with Gasteiger partial charge in [-0.05, 0) is 49.9 Å². The van der Waals surface area contributed by atoms with Gasteiger partial charge < -0.3 is 14.6 Å². The Bertz CT molecular complexity index is 830. The zero-order valence-corrected chi connectivity index (χ0v) is 14.3. The molecule has 0 saturated heterocycles. The third-order valence-corrected chi connectivity index (χ3v) is 4.22. The highest BCUT2D eigenvalue weighted by molar-refractivity contribution is 6.12. The Balaban J connectivity index is 2.08. The van der Waals surface area contributed by atoms with Crippen LogP contribution in [0.4, 0.5) is 0 Å². The molecular formula is C19H22N2O3. The van der Waals surface area contributed by atoms with Gasteiger partial charge in [0.25, 0.3) is 0 Å². The molecule has 0 amide bonds. The van der Waals surface area contributed by atoms with Crippen molar-refractivity contribution in [1.29, 1.82) is 0 Å². The normalized spacial score (nSPS) is 16.1. The number of esters is 1. The second kappa shape index (κ2) is 6.51. The Morgan fingerprint density at radius 1 is 1.33 bits per heavy atom. The minimum absolute atomic E-state index is 0.0464. The summed E-state index contributed by atoms with van der Waals surface area (Å²) >= 11 is 0. The molecule has 0 bridgehead atoms. The number of aryl methyl sites for hydroxylation is 1. The molecule has 24 heavy (non-hydrogen) atoms. The molecule has 0 spiro atoms. The maximum atomic E-state index is 12.8. The van der Waals surface area contributed by atoms with Crippen LogP contribution in [-0.2, 0) is 11.2 Å². The van der Waals surface area contributed by atoms with Gasteiger partial charge in [0.1, 0.15) is 0 Å². The largest absolute Gasteiger partial charge is 0.462 e. The first-order valence-electron chi connectivity index (χ1n) is 8.24. The number of nitrogens with zero attached hydrogens (tertiary/aromatic N) is 1. The number of aromatic amines is 1. The van der Waals surface area contributed by atoms with Crippen molar-refractivity contribution in [1.82, 2.24) is 9.88 Å². The smallest absolute Gasteiger partial charge is 0.338 e. The van der Waals surface area contributed by atoms with E-state index in [1.807, 2.05) is 37.3 Å². The Hall–Kier alpha value is -2.56. The molecule has 1 aliphatic carbocycles. The van der Waals surface area contributed by atoms with Crippen molar-refractivity contribution in [2.24, 2.45) is 0 Å². The van der Waals surface area contributed by atoms with Crippen LogP contribution in [-0.4, -0.2) is 42.3 Å². The summed E-state index contributed by atoms with van der Waals surface area (Å²) in [5.74, 6) is -0.285. The van der Waals surface area contributed by atoms with E-state index in [1.165, 1.54) is 0 Å². The van der Waals surface area contributed by atoms with E-state index in [4.69, 9.17) is 4.74 Å². The summed E-state index contributed by atoms with van der Waals surface area (Å²) in [6, 6.07) is 5.41. The molecule has 1 heterocycles. The molecule has 1 aromatic carbocycles. The van der Waals surface area contributed by atoms with Crippen molar-refractivity contribution >= 4 is 22.7 Å². The Morgan fingerprint density at radius 3 is 2.83 bits per heavy atom. The number of carbonyl (C=O) groups is 2. The van der Waals surface area contributed by atoms with Crippen LogP contribution in [0.3, 0.4) is 0 Å². The lowest BCUT2D eigenvalue weighted by Gasteiger charge is -2.08. The number of nitrogens with one attached hydrogen (secondary N) is 1. The molecule has 0 saturated carbocycles. The molecule has 1 aliphatic rings. The van der Waals surface area contributed by atoms with Crippen LogP contribution in [0.5, 0.6) is 0 Å². The number of hydrogen-bond donors (Lipinski definition) is 1. The first kappa shape index (κ1) is 16.3. The fourth-order valence-corrected chi connectivity index (χ4v) is 3.21. The topological polar surface area (TPSA) is 62.4 Å². The number of H-pyrrole nitrogens is 1. The summed E-state index contributed by atoms with van der Waals surface area (Å²) in [4.78, 5) is 30.0. The van der Waals surface area contributed by atoms with Crippen LogP contribution >= 0.6 is 0 Å². The number of carbonyl (C=O) groups excluding carboxylic acids is 2. The van der Waals surface area contributed by atoms with Gasteiger partial charge in [-0.1, -0.05) is 0 Å². The molecule has 1 N–H and O–H groups in total. The molecule has 1 aromatic heterocycles. The first-order chi connectivity index (χ1) is 11.5. The lowest BCUT2D eigenvalue weighted by Crippen LogP contribution is -2.09. The van der Waals surface area contributed by atoms with Gasteiger partial charge in [-0.15, -0.1) is 0 Å². The van der Waals surface area contributed by atoms with Crippen LogP contribution in [0.25, 0.3) is 10.9 Å². The van der Waals surface area contributed by atoms with Gasteiger partial charge >= 0.3 is 5.97 Å². The highest BCUT2D eigenvalue weighted by Crippen LogP contribution is 2.31. The van der Waals surface area contributed by atoms with Crippen molar-refractivity contribution in [3.63, 3.8) is 0 Å². The highest BCUT2D eigenvalue weighted by Gasteiger charge is 2.24. The van der Waals surface area contributed by atoms with Crippen LogP contribution in [0, 0.1) is 0 Å². The predicted octanol–water partition coefficient (Wildman–Crippen LogP) is 3.31. The standard InChI is InChI=1S/C19H22N2O3/c1-4-24-19(23)12-8-9-16-15(10-12)14-7-5-6-13(11-21(2)3)18(22)17(14)20-16/h8-11,20H,4-7H2,1-3H3/b13-11+. The molecule has 126 valence electrons. The van der Waals surface area contributed by atoms with Gasteiger partial charge in [0.05, 0.1) is 17.9 Å². The second-order valence-electron chi connectivity index (χ2n) is 6.26. The van der Waals surface area contributed by atoms with Gasteiger partial charge in [-0.3, -0.25) is 4.79 Å². The lowest BCUT2D eigenvalue weighted by molar-refractivity contribution is 0.0526. The van der Waals surface area contributed by atoms with Crippen molar-refractivity contribution in [2.75, 3.05) is 20.7 Å². The molecule has 0 unspecified atom stereocenters. The number of fused-ring (bicyclic) bond motifs is 3. The van der Waals surface area contributed by atoms with E-state index < -0.39 is 0 Å². The minimum Gasteiger partial charge on any atom is -0.462 e. The molecule has 0 aliphatic heterocycles. The summed E-state index contributed by atoms with van der Waals surface area (Å²) < 4.78 is 5.07. The molecule has 0 fully saturated rings. The van der Waals surface area contributed by atoms with Crippen molar-refractivity contribution in [2.45, 2.75) is 26.2 Å². The minimum atomic E-state index is -0.331. The number of ether oxygens (including phenoxy) is 1. The van der Waals surface area contributed by atoms with Gasteiger partial charge in [-0.25, -0.2) is 4.79 Å². The fourth-order valence-electron chi connectivity index (χ4n) is 3.21. The second-order valence-corrected chi connectivity index (χ2v) is 6.26. The Kier molecular flexibility index (Phi) is 4.42. The van der Waals surface area contributed by atoms with Gasteiger partial charge in [0.2, 0.25) is 5.78 Å². The fraction of sp³-hybridized carbons (Fsp3) is 0.368.